The van der Waals surface area contributed by atoms with E-state index in [2.05, 4.69) is 0 Å². The predicted molar refractivity (Wildman–Crippen MR) is 43.3 cm³/mol. The van der Waals surface area contributed by atoms with Crippen molar-refractivity contribution < 1.29 is 3.89 Å². The lowest BCUT2D eigenvalue weighted by Crippen LogP contribution is -1.84. The van der Waals surface area contributed by atoms with Crippen LogP contribution in [0.4, 0.5) is 3.89 Å². The van der Waals surface area contributed by atoms with Gasteiger partial charge >= 0.3 is 0 Å². The molecular weight excluding hydrogens is 196 g/mol. The predicted octanol–water partition coefficient (Wildman–Crippen LogP) is 3.48. The molecule has 0 aliphatic heterocycles. The van der Waals surface area contributed by atoms with Crippen molar-refractivity contribution in [3.63, 3.8) is 0 Å². The number of aromatic nitrogens is 1. The lowest BCUT2D eigenvalue weighted by atomic mass is 10.5. The van der Waals surface area contributed by atoms with Crippen molar-refractivity contribution >= 4 is 35.5 Å². The standard InChI is InChI=1S/C5H4Cl2FNS/c1-3-4(6)2-5(7)9(3)10-8/h2H,1H3. The normalized spacial score (nSPS) is 10.4. The highest BCUT2D eigenvalue weighted by Gasteiger charge is 2.08. The van der Waals surface area contributed by atoms with Crippen molar-refractivity contribution in [3.05, 3.63) is 21.9 Å². The minimum Gasteiger partial charge on any atom is -0.249 e. The number of halogens is 3. The highest BCUT2D eigenvalue weighted by atomic mass is 35.5. The summed E-state index contributed by atoms with van der Waals surface area (Å²) < 4.78 is 13.2. The summed E-state index contributed by atoms with van der Waals surface area (Å²) in [5.41, 5.74) is 0.624. The first-order valence-corrected chi connectivity index (χ1v) is 3.92. The van der Waals surface area contributed by atoms with Gasteiger partial charge in [0.1, 0.15) is 5.15 Å². The third-order valence-electron chi connectivity index (χ3n) is 1.16. The molecule has 1 rings (SSSR count). The molecule has 0 atom stereocenters. The first-order chi connectivity index (χ1) is 4.66. The summed E-state index contributed by atoms with van der Waals surface area (Å²) in [6.45, 7) is 1.70. The van der Waals surface area contributed by atoms with E-state index in [0.717, 1.165) is 0 Å². The monoisotopic (exact) mass is 199 g/mol. The Bertz CT molecular complexity index is 248. The van der Waals surface area contributed by atoms with Gasteiger partial charge in [0.05, 0.1) is 5.02 Å². The van der Waals surface area contributed by atoms with Crippen LogP contribution in [-0.4, -0.2) is 3.97 Å². The zero-order valence-corrected chi connectivity index (χ0v) is 7.40. The van der Waals surface area contributed by atoms with Gasteiger partial charge in [0.15, 0.2) is 12.3 Å². The molecule has 0 fully saturated rings. The fraction of sp³-hybridized carbons (Fsp3) is 0.200. The van der Waals surface area contributed by atoms with Crippen LogP contribution in [0.5, 0.6) is 0 Å². The fourth-order valence-electron chi connectivity index (χ4n) is 0.610. The molecule has 1 heterocycles. The van der Waals surface area contributed by atoms with Crippen molar-refractivity contribution in [3.8, 4) is 0 Å². The van der Waals surface area contributed by atoms with Gasteiger partial charge in [-0.3, -0.25) is 0 Å². The van der Waals surface area contributed by atoms with E-state index in [4.69, 9.17) is 23.2 Å². The zero-order chi connectivity index (χ0) is 7.72. The van der Waals surface area contributed by atoms with Crippen molar-refractivity contribution in [2.24, 2.45) is 0 Å². The third-order valence-corrected chi connectivity index (χ3v) is 2.53. The van der Waals surface area contributed by atoms with Gasteiger partial charge in [-0.1, -0.05) is 23.2 Å². The smallest absolute Gasteiger partial charge is 0.170 e. The van der Waals surface area contributed by atoms with Crippen molar-refractivity contribution in [1.82, 2.24) is 3.97 Å². The lowest BCUT2D eigenvalue weighted by molar-refractivity contribution is 0.911. The maximum absolute atomic E-state index is 12.0. The zero-order valence-electron chi connectivity index (χ0n) is 5.07. The second-order valence-electron chi connectivity index (χ2n) is 1.76. The molecule has 10 heavy (non-hydrogen) atoms. The number of hydrogen-bond acceptors (Lipinski definition) is 1. The summed E-state index contributed by atoms with van der Waals surface area (Å²) in [6, 6.07) is 1.50. The van der Waals surface area contributed by atoms with Crippen molar-refractivity contribution in [1.29, 1.82) is 0 Å². The van der Waals surface area contributed by atoms with Gasteiger partial charge in [-0.15, -0.1) is 3.89 Å². The Hall–Kier alpha value is 0.140. The van der Waals surface area contributed by atoms with E-state index in [1.165, 1.54) is 10.0 Å². The molecule has 0 saturated heterocycles. The van der Waals surface area contributed by atoms with Gasteiger partial charge in [-0.05, 0) is 13.0 Å². The molecule has 0 aliphatic carbocycles. The molecule has 1 aromatic heterocycles. The van der Waals surface area contributed by atoms with E-state index in [9.17, 15) is 3.89 Å². The summed E-state index contributed by atoms with van der Waals surface area (Å²) in [7, 11) is 0. The summed E-state index contributed by atoms with van der Waals surface area (Å²) >= 11 is 11.2. The molecule has 5 heteroatoms. The van der Waals surface area contributed by atoms with Gasteiger partial charge in [0, 0.05) is 5.69 Å². The van der Waals surface area contributed by atoms with E-state index >= 15 is 0 Å². The van der Waals surface area contributed by atoms with Crippen LogP contribution in [-0.2, 0) is 0 Å². The number of rotatable bonds is 1. The maximum Gasteiger partial charge on any atom is 0.170 e. The molecule has 0 saturated carbocycles. The Morgan fingerprint density at radius 2 is 2.20 bits per heavy atom. The SMILES string of the molecule is Cc1c(Cl)cc(Cl)n1SF. The van der Waals surface area contributed by atoms with Gasteiger partial charge in [-0.25, -0.2) is 3.97 Å². The minimum atomic E-state index is 0.0431. The first kappa shape index (κ1) is 8.24. The van der Waals surface area contributed by atoms with E-state index < -0.39 is 0 Å². The highest BCUT2D eigenvalue weighted by molar-refractivity contribution is 7.92. The minimum absolute atomic E-state index is 0.0431. The summed E-state index contributed by atoms with van der Waals surface area (Å²) in [5.74, 6) is 0. The van der Waals surface area contributed by atoms with E-state index in [0.29, 0.717) is 15.9 Å². The second kappa shape index (κ2) is 3.03. The second-order valence-corrected chi connectivity index (χ2v) is 3.06. The molecule has 0 aromatic carbocycles. The third kappa shape index (κ3) is 1.26. The number of nitrogens with zero attached hydrogens (tertiary/aromatic N) is 1. The molecule has 0 unspecified atom stereocenters. The molecule has 0 bridgehead atoms. The molecule has 0 radical (unpaired) electrons. The Kier molecular flexibility index (Phi) is 2.50. The van der Waals surface area contributed by atoms with Crippen LogP contribution in [0.3, 0.4) is 0 Å². The lowest BCUT2D eigenvalue weighted by Gasteiger charge is -1.96. The van der Waals surface area contributed by atoms with Gasteiger partial charge in [0.25, 0.3) is 0 Å². The molecule has 1 nitrogen and oxygen atoms in total. The molecule has 0 spiro atoms. The van der Waals surface area contributed by atoms with Crippen LogP contribution in [0.1, 0.15) is 5.69 Å². The molecule has 56 valence electrons. The Labute approximate surface area is 72.5 Å². The molecule has 0 aliphatic rings. The van der Waals surface area contributed by atoms with Crippen LogP contribution in [0.15, 0.2) is 6.07 Å². The van der Waals surface area contributed by atoms with Crippen LogP contribution in [0.25, 0.3) is 0 Å². The van der Waals surface area contributed by atoms with Crippen molar-refractivity contribution in [2.45, 2.75) is 6.92 Å². The van der Waals surface area contributed by atoms with E-state index in [1.807, 2.05) is 0 Å². The van der Waals surface area contributed by atoms with Crippen LogP contribution in [0, 0.1) is 6.92 Å². The van der Waals surface area contributed by atoms with Gasteiger partial charge in [0.2, 0.25) is 0 Å². The Morgan fingerprint density at radius 3 is 2.40 bits per heavy atom. The quantitative estimate of drug-likeness (QED) is 0.671. The largest absolute Gasteiger partial charge is 0.249 e. The van der Waals surface area contributed by atoms with Crippen LogP contribution in [0.2, 0.25) is 10.2 Å². The number of hydrogen-bond donors (Lipinski definition) is 0. The van der Waals surface area contributed by atoms with E-state index in [-0.39, 0.29) is 12.3 Å². The molecule has 1 aromatic rings. The summed E-state index contributed by atoms with van der Waals surface area (Å²) in [6.07, 6.45) is 0. The van der Waals surface area contributed by atoms with Crippen LogP contribution >= 0.6 is 35.5 Å². The fourth-order valence-corrected chi connectivity index (χ4v) is 1.54. The molecular formula is C5H4Cl2FNS. The maximum atomic E-state index is 12.0. The van der Waals surface area contributed by atoms with Gasteiger partial charge < -0.3 is 0 Å². The van der Waals surface area contributed by atoms with Crippen LogP contribution < -0.4 is 0 Å². The average Bonchev–Trinajstić information content (AvgIpc) is 2.09. The van der Waals surface area contributed by atoms with Gasteiger partial charge in [-0.2, -0.15) is 0 Å². The highest BCUT2D eigenvalue weighted by Crippen LogP contribution is 2.28. The molecule has 0 amide bonds. The first-order valence-electron chi connectivity index (χ1n) is 2.49. The summed E-state index contributed by atoms with van der Waals surface area (Å²) in [5, 5.41) is 0.783. The van der Waals surface area contributed by atoms with Crippen molar-refractivity contribution in [2.75, 3.05) is 0 Å². The van der Waals surface area contributed by atoms with E-state index in [1.54, 1.807) is 6.92 Å². The average molecular weight is 200 g/mol. The Morgan fingerprint density at radius 1 is 1.60 bits per heavy atom. The molecule has 0 N–H and O–H groups in total. The topological polar surface area (TPSA) is 4.93 Å². The Balaban J connectivity index is 3.20. The summed E-state index contributed by atoms with van der Waals surface area (Å²) in [4.78, 5) is 0.